The van der Waals surface area contributed by atoms with E-state index in [0.717, 1.165) is 56.7 Å². The van der Waals surface area contributed by atoms with Crippen LogP contribution in [0.3, 0.4) is 0 Å². The minimum Gasteiger partial charge on any atom is -0.208 e. The van der Waals surface area contributed by atoms with Crippen molar-refractivity contribution in [1.82, 2.24) is 15.0 Å². The average Bonchev–Trinajstić information content (AvgIpc) is 3.14. The lowest BCUT2D eigenvalue weighted by Crippen LogP contribution is -2.48. The molecule has 4 saturated carbocycles. The maximum absolute atomic E-state index is 9.59. The van der Waals surface area contributed by atoms with Gasteiger partial charge in [-0.2, -0.15) is 5.26 Å². The van der Waals surface area contributed by atoms with E-state index in [2.05, 4.69) is 84.9 Å². The van der Waals surface area contributed by atoms with Crippen molar-refractivity contribution >= 4 is 0 Å². The monoisotopic (exact) mass is 620 g/mol. The third-order valence-corrected chi connectivity index (χ3v) is 11.1. The molecule has 4 heteroatoms. The van der Waals surface area contributed by atoms with Gasteiger partial charge in [-0.15, -0.1) is 0 Å². The highest BCUT2D eigenvalue weighted by atomic mass is 15.0. The molecule has 4 aliphatic rings. The fraction of sp³-hybridized carbons (Fsp3) is 0.227. The number of nitrogens with zero attached hydrogens (tertiary/aromatic N) is 4. The average molecular weight is 621 g/mol. The molecule has 5 aromatic carbocycles. The van der Waals surface area contributed by atoms with Crippen molar-refractivity contribution in [2.75, 3.05) is 0 Å². The molecule has 4 fully saturated rings. The van der Waals surface area contributed by atoms with E-state index in [0.29, 0.717) is 28.5 Å². The SMILES string of the molecule is N#Cc1cccc(-c2ccccc2-c2ccccc2-c2nc(-c3ccccc3)nc(-c3ccc(C45C[C@H]6C[C@@H](C4)C[C@@H](C5)C6)cc3)n2)c1. The molecule has 0 saturated heterocycles. The summed E-state index contributed by atoms with van der Waals surface area (Å²) in [7, 11) is 0. The third kappa shape index (κ3) is 5.11. The summed E-state index contributed by atoms with van der Waals surface area (Å²) < 4.78 is 0. The van der Waals surface area contributed by atoms with Crippen molar-refractivity contribution in [3.8, 4) is 62.5 Å². The van der Waals surface area contributed by atoms with Gasteiger partial charge in [0.2, 0.25) is 0 Å². The van der Waals surface area contributed by atoms with Crippen LogP contribution in [0, 0.1) is 29.1 Å². The molecule has 10 rings (SSSR count). The molecule has 48 heavy (non-hydrogen) atoms. The molecule has 0 aliphatic heterocycles. The number of hydrogen-bond acceptors (Lipinski definition) is 4. The Balaban J connectivity index is 1.15. The van der Waals surface area contributed by atoms with Crippen LogP contribution >= 0.6 is 0 Å². The van der Waals surface area contributed by atoms with Crippen LogP contribution in [0.5, 0.6) is 0 Å². The summed E-state index contributed by atoms with van der Waals surface area (Å²) in [5.41, 5.74) is 9.55. The Morgan fingerprint density at radius 3 is 1.60 bits per heavy atom. The Hall–Kier alpha value is -5.40. The zero-order valence-corrected chi connectivity index (χ0v) is 26.9. The van der Waals surface area contributed by atoms with Crippen molar-refractivity contribution in [2.24, 2.45) is 17.8 Å². The van der Waals surface area contributed by atoms with Crippen molar-refractivity contribution in [2.45, 2.75) is 43.9 Å². The largest absolute Gasteiger partial charge is 0.208 e. The van der Waals surface area contributed by atoms with Crippen LogP contribution in [-0.2, 0) is 5.41 Å². The zero-order chi connectivity index (χ0) is 32.1. The standard InChI is InChI=1S/C44H36N4/c45-28-29-9-8-12-35(24-29)37-13-4-5-14-38(37)39-15-6-7-16-40(39)43-47-41(33-10-2-1-3-11-33)46-42(48-43)34-17-19-36(20-18-34)44-25-30-21-31(26-44)23-32(22-30)27-44/h1-20,24,30-32H,21-23,25-27H2/t30-,31+,32-,44?. The van der Waals surface area contributed by atoms with Crippen molar-refractivity contribution < 1.29 is 0 Å². The molecule has 0 atom stereocenters. The number of rotatable bonds is 6. The number of nitriles is 1. The lowest BCUT2D eigenvalue weighted by molar-refractivity contribution is -0.00518. The molecule has 4 nitrogen and oxygen atoms in total. The molecule has 6 aromatic rings. The highest BCUT2D eigenvalue weighted by Gasteiger charge is 2.51. The first-order valence-electron chi connectivity index (χ1n) is 17.3. The maximum atomic E-state index is 9.59. The van der Waals surface area contributed by atoms with Gasteiger partial charge in [-0.1, -0.05) is 115 Å². The van der Waals surface area contributed by atoms with Crippen molar-refractivity contribution in [3.05, 3.63) is 139 Å². The zero-order valence-electron chi connectivity index (χ0n) is 26.9. The molecule has 4 aliphatic carbocycles. The molecule has 0 spiro atoms. The van der Waals surface area contributed by atoms with Gasteiger partial charge in [0.1, 0.15) is 0 Å². The van der Waals surface area contributed by atoms with Gasteiger partial charge in [0, 0.05) is 16.7 Å². The second kappa shape index (κ2) is 11.7. The third-order valence-electron chi connectivity index (χ3n) is 11.1. The second-order valence-electron chi connectivity index (χ2n) is 14.2. The quantitative estimate of drug-likeness (QED) is 0.186. The first-order chi connectivity index (χ1) is 23.6. The Kier molecular flexibility index (Phi) is 7.01. The molecule has 0 amide bonds. The summed E-state index contributed by atoms with van der Waals surface area (Å²) in [5.74, 6) is 4.72. The van der Waals surface area contributed by atoms with Crippen LogP contribution in [0.15, 0.2) is 127 Å². The summed E-state index contributed by atoms with van der Waals surface area (Å²) >= 11 is 0. The fourth-order valence-electron chi connectivity index (χ4n) is 9.42. The maximum Gasteiger partial charge on any atom is 0.164 e. The second-order valence-corrected chi connectivity index (χ2v) is 14.2. The van der Waals surface area contributed by atoms with Crippen molar-refractivity contribution in [1.29, 1.82) is 5.26 Å². The van der Waals surface area contributed by atoms with Crippen LogP contribution in [0.2, 0.25) is 0 Å². The van der Waals surface area contributed by atoms with Crippen molar-refractivity contribution in [3.63, 3.8) is 0 Å². The van der Waals surface area contributed by atoms with Crippen LogP contribution in [0.1, 0.15) is 49.7 Å². The molecule has 0 unspecified atom stereocenters. The highest BCUT2D eigenvalue weighted by molar-refractivity contribution is 5.90. The number of benzene rings is 5. The molecular weight excluding hydrogens is 585 g/mol. The summed E-state index contributed by atoms with van der Waals surface area (Å²) in [6.45, 7) is 0. The van der Waals surface area contributed by atoms with Gasteiger partial charge in [0.25, 0.3) is 0 Å². The van der Waals surface area contributed by atoms with E-state index in [1.54, 1.807) is 0 Å². The van der Waals surface area contributed by atoms with E-state index in [4.69, 9.17) is 15.0 Å². The van der Waals surface area contributed by atoms with Gasteiger partial charge in [-0.3, -0.25) is 0 Å². The van der Waals surface area contributed by atoms with E-state index in [-0.39, 0.29) is 0 Å². The van der Waals surface area contributed by atoms with Gasteiger partial charge in [0.15, 0.2) is 17.5 Å². The van der Waals surface area contributed by atoms with E-state index in [1.165, 1.54) is 44.1 Å². The van der Waals surface area contributed by atoms with Gasteiger partial charge in [-0.05, 0) is 102 Å². The van der Waals surface area contributed by atoms with E-state index in [1.807, 2.05) is 48.5 Å². The lowest BCUT2D eigenvalue weighted by atomic mass is 9.48. The first-order valence-corrected chi connectivity index (χ1v) is 17.3. The topological polar surface area (TPSA) is 62.5 Å². The number of aromatic nitrogens is 3. The van der Waals surface area contributed by atoms with Gasteiger partial charge >= 0.3 is 0 Å². The fourth-order valence-corrected chi connectivity index (χ4v) is 9.42. The predicted molar refractivity (Wildman–Crippen MR) is 192 cm³/mol. The normalized spacial score (nSPS) is 22.4. The minimum absolute atomic E-state index is 0.353. The highest BCUT2D eigenvalue weighted by Crippen LogP contribution is 2.60. The van der Waals surface area contributed by atoms with Crippen LogP contribution < -0.4 is 0 Å². The van der Waals surface area contributed by atoms with Gasteiger partial charge in [-0.25, -0.2) is 15.0 Å². The minimum atomic E-state index is 0.353. The van der Waals surface area contributed by atoms with E-state index >= 15 is 0 Å². The predicted octanol–water partition coefficient (Wildman–Crippen LogP) is 10.5. The van der Waals surface area contributed by atoms with Gasteiger partial charge < -0.3 is 0 Å². The molecule has 1 aromatic heterocycles. The molecule has 4 bridgehead atoms. The smallest absolute Gasteiger partial charge is 0.164 e. The summed E-state index contributed by atoms with van der Waals surface area (Å²) in [4.78, 5) is 15.3. The van der Waals surface area contributed by atoms with E-state index < -0.39 is 0 Å². The van der Waals surface area contributed by atoms with Gasteiger partial charge in [0.05, 0.1) is 11.6 Å². The molecule has 1 heterocycles. The van der Waals surface area contributed by atoms with E-state index in [9.17, 15) is 5.26 Å². The Bertz CT molecular complexity index is 2140. The Morgan fingerprint density at radius 2 is 0.979 bits per heavy atom. The molecule has 0 radical (unpaired) electrons. The molecular formula is C44H36N4. The van der Waals surface area contributed by atoms with Crippen LogP contribution in [0.25, 0.3) is 56.4 Å². The summed E-state index contributed by atoms with van der Waals surface area (Å²) in [6, 6.07) is 46.2. The first kappa shape index (κ1) is 28.8. The van der Waals surface area contributed by atoms with Crippen LogP contribution in [0.4, 0.5) is 0 Å². The molecule has 232 valence electrons. The number of hydrogen-bond donors (Lipinski definition) is 0. The summed E-state index contributed by atoms with van der Waals surface area (Å²) in [6.07, 6.45) is 8.41. The lowest BCUT2D eigenvalue weighted by Gasteiger charge is -2.57. The Labute approximate surface area is 282 Å². The Morgan fingerprint density at radius 1 is 0.479 bits per heavy atom. The van der Waals surface area contributed by atoms with Crippen LogP contribution in [-0.4, -0.2) is 15.0 Å². The molecule has 0 N–H and O–H groups in total. The summed E-state index contributed by atoms with van der Waals surface area (Å²) in [5, 5.41) is 9.59.